The first-order valence-electron chi connectivity index (χ1n) is 8.34. The van der Waals surface area contributed by atoms with Gasteiger partial charge in [0.15, 0.2) is 0 Å². The van der Waals surface area contributed by atoms with E-state index in [0.717, 1.165) is 24.6 Å². The number of pyridine rings is 1. The highest BCUT2D eigenvalue weighted by Crippen LogP contribution is 2.27. The van der Waals surface area contributed by atoms with Crippen LogP contribution in [0.1, 0.15) is 30.2 Å². The number of hydrogen-bond acceptors (Lipinski definition) is 6. The standard InChI is InChI=1S/C18H27N5O2/c1-13(2)23-15(9-10-19-23)17-14(18(24)25-6)7-8-16(20-17)22(5)12-11-21(3)4/h7-10,13H,11-12H2,1-6H3. The Morgan fingerprint density at radius 2 is 1.92 bits per heavy atom. The number of esters is 1. The van der Waals surface area contributed by atoms with Crippen molar-refractivity contribution >= 4 is 11.8 Å². The second-order valence-corrected chi connectivity index (χ2v) is 6.54. The lowest BCUT2D eigenvalue weighted by Crippen LogP contribution is -2.29. The molecule has 136 valence electrons. The normalized spacial score (nSPS) is 11.2. The van der Waals surface area contributed by atoms with Crippen LogP contribution in [0.4, 0.5) is 5.82 Å². The van der Waals surface area contributed by atoms with Crippen molar-refractivity contribution < 1.29 is 9.53 Å². The van der Waals surface area contributed by atoms with E-state index < -0.39 is 5.97 Å². The van der Waals surface area contributed by atoms with Gasteiger partial charge in [-0.2, -0.15) is 5.10 Å². The summed E-state index contributed by atoms with van der Waals surface area (Å²) in [7, 11) is 7.44. The largest absolute Gasteiger partial charge is 0.465 e. The molecule has 0 unspecified atom stereocenters. The smallest absolute Gasteiger partial charge is 0.340 e. The summed E-state index contributed by atoms with van der Waals surface area (Å²) >= 11 is 0. The minimum absolute atomic E-state index is 0.160. The lowest BCUT2D eigenvalue weighted by Gasteiger charge is -2.22. The average Bonchev–Trinajstić information content (AvgIpc) is 3.08. The Morgan fingerprint density at radius 3 is 2.52 bits per heavy atom. The lowest BCUT2D eigenvalue weighted by molar-refractivity contribution is 0.0601. The predicted molar refractivity (Wildman–Crippen MR) is 99.0 cm³/mol. The molecule has 25 heavy (non-hydrogen) atoms. The van der Waals surface area contributed by atoms with Gasteiger partial charge in [-0.05, 0) is 46.1 Å². The molecule has 2 heterocycles. The third-order valence-corrected chi connectivity index (χ3v) is 3.96. The number of rotatable bonds is 7. The lowest BCUT2D eigenvalue weighted by atomic mass is 10.1. The van der Waals surface area contributed by atoms with Gasteiger partial charge in [0.05, 0.1) is 18.4 Å². The van der Waals surface area contributed by atoms with Gasteiger partial charge in [0, 0.05) is 32.4 Å². The Hall–Kier alpha value is -2.41. The van der Waals surface area contributed by atoms with E-state index in [1.807, 2.05) is 51.8 Å². The van der Waals surface area contributed by atoms with E-state index in [0.29, 0.717) is 11.3 Å². The second kappa shape index (κ2) is 8.11. The monoisotopic (exact) mass is 345 g/mol. The van der Waals surface area contributed by atoms with Gasteiger partial charge in [-0.25, -0.2) is 9.78 Å². The minimum Gasteiger partial charge on any atom is -0.465 e. The number of nitrogens with zero attached hydrogens (tertiary/aromatic N) is 5. The molecule has 0 spiro atoms. The van der Waals surface area contributed by atoms with E-state index in [1.54, 1.807) is 12.3 Å². The molecule has 0 bridgehead atoms. The van der Waals surface area contributed by atoms with Gasteiger partial charge < -0.3 is 14.5 Å². The number of carbonyl (C=O) groups is 1. The van der Waals surface area contributed by atoms with Crippen LogP contribution in [0.25, 0.3) is 11.4 Å². The van der Waals surface area contributed by atoms with Crippen LogP contribution in [0.2, 0.25) is 0 Å². The molecule has 0 aliphatic carbocycles. The number of methoxy groups -OCH3 is 1. The van der Waals surface area contributed by atoms with Gasteiger partial charge in [0.1, 0.15) is 11.5 Å². The summed E-state index contributed by atoms with van der Waals surface area (Å²) in [5.41, 5.74) is 1.83. The zero-order valence-electron chi connectivity index (χ0n) is 15.9. The van der Waals surface area contributed by atoms with Gasteiger partial charge in [0.2, 0.25) is 0 Å². The number of aromatic nitrogens is 3. The number of hydrogen-bond donors (Lipinski definition) is 0. The first-order chi connectivity index (χ1) is 11.8. The summed E-state index contributed by atoms with van der Waals surface area (Å²) in [4.78, 5) is 21.1. The fourth-order valence-electron chi connectivity index (χ4n) is 2.51. The van der Waals surface area contributed by atoms with Crippen LogP contribution in [0.5, 0.6) is 0 Å². The van der Waals surface area contributed by atoms with Gasteiger partial charge in [0.25, 0.3) is 0 Å². The third kappa shape index (κ3) is 4.36. The van der Waals surface area contributed by atoms with Crippen LogP contribution in [0.15, 0.2) is 24.4 Å². The van der Waals surface area contributed by atoms with Crippen LogP contribution < -0.4 is 4.90 Å². The Kier molecular flexibility index (Phi) is 6.14. The molecule has 0 aromatic carbocycles. The number of anilines is 1. The molecule has 0 saturated carbocycles. The molecule has 0 aliphatic rings. The first kappa shape index (κ1) is 18.9. The number of likely N-dealkylation sites (N-methyl/N-ethyl adjacent to an activating group) is 2. The molecule has 0 amide bonds. The number of ether oxygens (including phenoxy) is 1. The molecule has 0 saturated heterocycles. The van der Waals surface area contributed by atoms with Gasteiger partial charge >= 0.3 is 5.97 Å². The molecule has 2 aromatic heterocycles. The maximum atomic E-state index is 12.2. The fraction of sp³-hybridized carbons (Fsp3) is 0.500. The fourth-order valence-corrected chi connectivity index (χ4v) is 2.51. The average molecular weight is 345 g/mol. The van der Waals surface area contributed by atoms with Crippen molar-refractivity contribution in [2.45, 2.75) is 19.9 Å². The molecule has 2 aromatic rings. The summed E-state index contributed by atoms with van der Waals surface area (Å²) in [5, 5.41) is 4.36. The van der Waals surface area contributed by atoms with E-state index in [2.05, 4.69) is 14.9 Å². The molecule has 7 nitrogen and oxygen atoms in total. The number of carbonyl (C=O) groups excluding carboxylic acids is 1. The maximum Gasteiger partial charge on any atom is 0.340 e. The van der Waals surface area contributed by atoms with Crippen molar-refractivity contribution in [3.63, 3.8) is 0 Å². The van der Waals surface area contributed by atoms with E-state index in [1.165, 1.54) is 7.11 Å². The quantitative estimate of drug-likeness (QED) is 0.718. The summed E-state index contributed by atoms with van der Waals surface area (Å²) in [6.45, 7) is 5.83. The first-order valence-corrected chi connectivity index (χ1v) is 8.34. The molecule has 0 radical (unpaired) electrons. The van der Waals surface area contributed by atoms with E-state index in [4.69, 9.17) is 9.72 Å². The van der Waals surface area contributed by atoms with Gasteiger partial charge in [-0.1, -0.05) is 0 Å². The molecule has 0 fully saturated rings. The molecule has 0 N–H and O–H groups in total. The van der Waals surface area contributed by atoms with Crippen molar-refractivity contribution in [2.24, 2.45) is 0 Å². The molecular formula is C18H27N5O2. The summed E-state index contributed by atoms with van der Waals surface area (Å²) in [6.07, 6.45) is 1.72. The molecular weight excluding hydrogens is 318 g/mol. The zero-order chi connectivity index (χ0) is 18.6. The van der Waals surface area contributed by atoms with E-state index in [9.17, 15) is 4.79 Å². The van der Waals surface area contributed by atoms with Crippen molar-refractivity contribution in [1.82, 2.24) is 19.7 Å². The van der Waals surface area contributed by atoms with Gasteiger partial charge in [-0.15, -0.1) is 0 Å². The summed E-state index contributed by atoms with van der Waals surface area (Å²) < 4.78 is 6.79. The summed E-state index contributed by atoms with van der Waals surface area (Å²) in [5.74, 6) is 0.405. The predicted octanol–water partition coefficient (Wildman–Crippen LogP) is 2.31. The van der Waals surface area contributed by atoms with Crippen molar-refractivity contribution in [3.05, 3.63) is 30.0 Å². The van der Waals surface area contributed by atoms with Crippen molar-refractivity contribution in [3.8, 4) is 11.4 Å². The highest BCUT2D eigenvalue weighted by atomic mass is 16.5. The highest BCUT2D eigenvalue weighted by molar-refractivity contribution is 5.96. The minimum atomic E-state index is -0.401. The van der Waals surface area contributed by atoms with E-state index >= 15 is 0 Å². The van der Waals surface area contributed by atoms with Crippen LogP contribution in [-0.2, 0) is 4.74 Å². The summed E-state index contributed by atoms with van der Waals surface area (Å²) in [6, 6.07) is 5.65. The van der Waals surface area contributed by atoms with Crippen LogP contribution >= 0.6 is 0 Å². The van der Waals surface area contributed by atoms with Crippen molar-refractivity contribution in [1.29, 1.82) is 0 Å². The second-order valence-electron chi connectivity index (χ2n) is 6.54. The van der Waals surface area contributed by atoms with Crippen LogP contribution in [-0.4, -0.2) is 67.0 Å². The van der Waals surface area contributed by atoms with Crippen LogP contribution in [0.3, 0.4) is 0 Å². The van der Waals surface area contributed by atoms with Gasteiger partial charge in [-0.3, -0.25) is 4.68 Å². The Bertz CT molecular complexity index is 724. The topological polar surface area (TPSA) is 63.5 Å². The molecule has 7 heteroatoms. The maximum absolute atomic E-state index is 12.2. The van der Waals surface area contributed by atoms with Crippen molar-refractivity contribution in [2.75, 3.05) is 46.2 Å². The molecule has 0 aliphatic heterocycles. The third-order valence-electron chi connectivity index (χ3n) is 3.96. The highest BCUT2D eigenvalue weighted by Gasteiger charge is 2.20. The zero-order valence-corrected chi connectivity index (χ0v) is 15.9. The van der Waals surface area contributed by atoms with Crippen LogP contribution in [0, 0.1) is 0 Å². The SMILES string of the molecule is COC(=O)c1ccc(N(C)CCN(C)C)nc1-c1ccnn1C(C)C. The van der Waals surface area contributed by atoms with E-state index in [-0.39, 0.29) is 6.04 Å². The Labute approximate surface area is 149 Å². The molecule has 0 atom stereocenters. The Balaban J connectivity index is 2.48. The Morgan fingerprint density at radius 1 is 1.20 bits per heavy atom. The molecule has 2 rings (SSSR count).